The summed E-state index contributed by atoms with van der Waals surface area (Å²) >= 11 is 0. The lowest BCUT2D eigenvalue weighted by atomic mass is 9.91. The van der Waals surface area contributed by atoms with Crippen LogP contribution in [0.1, 0.15) is 79.5 Å². The number of hydrogen-bond donors (Lipinski definition) is 3. The average molecular weight is 623 g/mol. The van der Waals surface area contributed by atoms with Crippen LogP contribution in [0, 0.1) is 24.7 Å². The number of ether oxygens (including phenoxy) is 3. The van der Waals surface area contributed by atoms with E-state index < -0.39 is 81.3 Å². The number of aryl methyl sites for hydroxylation is 1. The Morgan fingerprint density at radius 3 is 2.29 bits per heavy atom. The Labute approximate surface area is 246 Å². The fraction of sp³-hybridized carbons (Fsp3) is 0.778. The summed E-state index contributed by atoms with van der Waals surface area (Å²) in [6, 6.07) is 0. The van der Waals surface area contributed by atoms with Crippen molar-refractivity contribution in [1.82, 2.24) is 9.55 Å². The molecule has 0 radical (unpaired) electrons. The SMILES string of the molecule is CCCC(C(=O)OC(COC(=O)CC(C)C)COP(=O)(O)OC(C)C(CO)OC(C)n1cc(C)c(=O)[nH]c1=O)C(C)C. The molecule has 0 saturated heterocycles. The van der Waals surface area contributed by atoms with Gasteiger partial charge in [-0.1, -0.05) is 41.0 Å². The van der Waals surface area contributed by atoms with Gasteiger partial charge in [-0.05, 0) is 39.0 Å². The van der Waals surface area contributed by atoms with E-state index >= 15 is 0 Å². The topological polar surface area (TPSA) is 193 Å². The predicted molar refractivity (Wildman–Crippen MR) is 153 cm³/mol. The number of phosphoric acid groups is 1. The summed E-state index contributed by atoms with van der Waals surface area (Å²) in [6.07, 6.45) is -1.85. The van der Waals surface area contributed by atoms with Gasteiger partial charge in [0, 0.05) is 18.2 Å². The van der Waals surface area contributed by atoms with Gasteiger partial charge in [-0.25, -0.2) is 9.36 Å². The van der Waals surface area contributed by atoms with Crippen molar-refractivity contribution in [3.63, 3.8) is 0 Å². The molecule has 15 heteroatoms. The molecule has 3 N–H and O–H groups in total. The average Bonchev–Trinajstić information content (AvgIpc) is 2.88. The molecule has 242 valence electrons. The smallest absolute Gasteiger partial charge is 0.462 e. The number of carbonyl (C=O) groups excluding carboxylic acids is 2. The summed E-state index contributed by atoms with van der Waals surface area (Å²) in [5, 5.41) is 9.83. The Balaban J connectivity index is 2.94. The van der Waals surface area contributed by atoms with Crippen LogP contribution in [-0.2, 0) is 37.4 Å². The summed E-state index contributed by atoms with van der Waals surface area (Å²) in [4.78, 5) is 61.3. The second-order valence-electron chi connectivity index (χ2n) is 11.0. The van der Waals surface area contributed by atoms with Crippen LogP contribution >= 0.6 is 7.82 Å². The maximum absolute atomic E-state index is 12.9. The standard InChI is InChI=1S/C27H47N2O12P/c1-9-10-22(17(4)5)26(33)40-21(14-37-24(31)11-16(2)3)15-38-42(35,36)41-19(7)23(13-30)39-20(8)29-12-18(6)25(32)28-27(29)34/h12,16-17,19-23,30H,9-11,13-15H2,1-8H3,(H,35,36)(H,28,32,34). The van der Waals surface area contributed by atoms with Crippen LogP contribution in [-0.4, -0.2) is 69.6 Å². The van der Waals surface area contributed by atoms with E-state index in [0.717, 1.165) is 11.0 Å². The number of aliphatic hydroxyl groups is 1. The van der Waals surface area contributed by atoms with Gasteiger partial charge in [-0.2, -0.15) is 0 Å². The number of aromatic nitrogens is 2. The largest absolute Gasteiger partial charge is 0.472 e. The van der Waals surface area contributed by atoms with Crippen LogP contribution in [0.3, 0.4) is 0 Å². The maximum atomic E-state index is 12.9. The summed E-state index contributed by atoms with van der Waals surface area (Å²) in [5.41, 5.74) is -1.04. The number of phosphoric ester groups is 1. The van der Waals surface area contributed by atoms with E-state index in [1.54, 1.807) is 0 Å². The number of carbonyl (C=O) groups is 2. The molecular weight excluding hydrogens is 575 g/mol. The summed E-state index contributed by atoms with van der Waals surface area (Å²) in [6.45, 7) is 12.0. The summed E-state index contributed by atoms with van der Waals surface area (Å²) < 4.78 is 40.6. The molecule has 42 heavy (non-hydrogen) atoms. The number of hydrogen-bond acceptors (Lipinski definition) is 11. The lowest BCUT2D eigenvalue weighted by molar-refractivity contribution is -0.166. The molecule has 0 aliphatic heterocycles. The van der Waals surface area contributed by atoms with Crippen molar-refractivity contribution in [2.24, 2.45) is 17.8 Å². The van der Waals surface area contributed by atoms with E-state index in [2.05, 4.69) is 4.98 Å². The fourth-order valence-corrected chi connectivity index (χ4v) is 4.91. The van der Waals surface area contributed by atoms with E-state index in [4.69, 9.17) is 23.3 Å². The third-order valence-corrected chi connectivity index (χ3v) is 7.41. The summed E-state index contributed by atoms with van der Waals surface area (Å²) in [5.74, 6) is -1.48. The number of nitrogens with one attached hydrogen (secondary N) is 1. The predicted octanol–water partition coefficient (Wildman–Crippen LogP) is 2.84. The first-order chi connectivity index (χ1) is 19.5. The number of nitrogens with zero attached hydrogens (tertiary/aromatic N) is 1. The van der Waals surface area contributed by atoms with Crippen LogP contribution < -0.4 is 11.2 Å². The molecule has 0 bridgehead atoms. The maximum Gasteiger partial charge on any atom is 0.472 e. The monoisotopic (exact) mass is 622 g/mol. The number of esters is 2. The Morgan fingerprint density at radius 1 is 1.10 bits per heavy atom. The minimum absolute atomic E-state index is 0.0238. The Kier molecular flexibility index (Phi) is 15.9. The van der Waals surface area contributed by atoms with Gasteiger partial charge in [0.25, 0.3) is 5.56 Å². The number of aromatic amines is 1. The van der Waals surface area contributed by atoms with Crippen molar-refractivity contribution < 1.29 is 47.4 Å². The van der Waals surface area contributed by atoms with Gasteiger partial charge in [0.05, 0.1) is 25.2 Å². The highest BCUT2D eigenvalue weighted by Crippen LogP contribution is 2.45. The van der Waals surface area contributed by atoms with Gasteiger partial charge in [-0.3, -0.25) is 33.0 Å². The van der Waals surface area contributed by atoms with Crippen molar-refractivity contribution in [3.8, 4) is 0 Å². The molecule has 0 amide bonds. The second kappa shape index (κ2) is 17.7. The van der Waals surface area contributed by atoms with Gasteiger partial charge < -0.3 is 24.2 Å². The molecule has 0 fully saturated rings. The molecule has 0 aliphatic rings. The van der Waals surface area contributed by atoms with Gasteiger partial charge in [0.2, 0.25) is 0 Å². The van der Waals surface area contributed by atoms with E-state index in [1.165, 1.54) is 27.0 Å². The molecule has 0 saturated carbocycles. The van der Waals surface area contributed by atoms with Crippen molar-refractivity contribution >= 4 is 19.8 Å². The van der Waals surface area contributed by atoms with Crippen molar-refractivity contribution in [2.75, 3.05) is 19.8 Å². The lowest BCUT2D eigenvalue weighted by Gasteiger charge is -2.28. The van der Waals surface area contributed by atoms with E-state index in [-0.39, 0.29) is 23.8 Å². The lowest BCUT2D eigenvalue weighted by Crippen LogP contribution is -2.38. The molecule has 1 heterocycles. The van der Waals surface area contributed by atoms with Gasteiger partial charge >= 0.3 is 25.5 Å². The Morgan fingerprint density at radius 2 is 1.74 bits per heavy atom. The first-order valence-corrected chi connectivity index (χ1v) is 15.6. The number of H-pyrrole nitrogens is 1. The molecule has 0 aliphatic carbocycles. The molecule has 1 aromatic rings. The van der Waals surface area contributed by atoms with E-state index in [9.17, 15) is 33.7 Å². The number of rotatable bonds is 19. The highest BCUT2D eigenvalue weighted by molar-refractivity contribution is 7.47. The minimum atomic E-state index is -4.82. The third-order valence-electron chi connectivity index (χ3n) is 6.33. The van der Waals surface area contributed by atoms with Crippen LogP contribution in [0.5, 0.6) is 0 Å². The molecule has 0 spiro atoms. The van der Waals surface area contributed by atoms with Gasteiger partial charge in [0.1, 0.15) is 18.9 Å². The second-order valence-corrected chi connectivity index (χ2v) is 12.4. The normalized spacial score (nSPS) is 16.9. The molecule has 0 aromatic carbocycles. The van der Waals surface area contributed by atoms with Crippen molar-refractivity contribution in [2.45, 2.75) is 99.2 Å². The quantitative estimate of drug-likeness (QED) is 0.151. The Hall–Kier alpha value is -2.35. The number of aliphatic hydroxyl groups excluding tert-OH is 1. The first-order valence-electron chi connectivity index (χ1n) is 14.1. The first kappa shape index (κ1) is 37.7. The molecule has 6 atom stereocenters. The highest BCUT2D eigenvalue weighted by atomic mass is 31.2. The summed E-state index contributed by atoms with van der Waals surface area (Å²) in [7, 11) is -4.82. The van der Waals surface area contributed by atoms with Gasteiger partial charge in [-0.15, -0.1) is 0 Å². The van der Waals surface area contributed by atoms with E-state index in [0.29, 0.717) is 6.42 Å². The zero-order valence-electron chi connectivity index (χ0n) is 25.7. The molecule has 1 rings (SSSR count). The fourth-order valence-electron chi connectivity index (χ4n) is 3.94. The van der Waals surface area contributed by atoms with Crippen molar-refractivity contribution in [3.05, 3.63) is 32.6 Å². The molecule has 6 unspecified atom stereocenters. The van der Waals surface area contributed by atoms with Gasteiger partial charge in [0.15, 0.2) is 6.10 Å². The van der Waals surface area contributed by atoms with Crippen molar-refractivity contribution in [1.29, 1.82) is 0 Å². The molecular formula is C27H47N2O12P. The van der Waals surface area contributed by atoms with Crippen LogP contribution in [0.25, 0.3) is 0 Å². The zero-order valence-corrected chi connectivity index (χ0v) is 26.6. The third kappa shape index (κ3) is 12.9. The minimum Gasteiger partial charge on any atom is -0.462 e. The van der Waals surface area contributed by atoms with Crippen LogP contribution in [0.15, 0.2) is 15.8 Å². The zero-order chi connectivity index (χ0) is 32.2. The van der Waals surface area contributed by atoms with E-state index in [1.807, 2.05) is 34.6 Å². The molecule has 1 aromatic heterocycles. The highest BCUT2D eigenvalue weighted by Gasteiger charge is 2.33. The van der Waals surface area contributed by atoms with Crippen LogP contribution in [0.2, 0.25) is 0 Å². The Bertz CT molecular complexity index is 1160. The molecule has 14 nitrogen and oxygen atoms in total. The van der Waals surface area contributed by atoms with Crippen LogP contribution in [0.4, 0.5) is 0 Å².